The van der Waals surface area contributed by atoms with Crippen LogP contribution in [0.15, 0.2) is 29.3 Å². The molecule has 3 heterocycles. The molecule has 0 bridgehead atoms. The van der Waals surface area contributed by atoms with Crippen molar-refractivity contribution in [1.29, 1.82) is 0 Å². The van der Waals surface area contributed by atoms with Crippen LogP contribution in [0.5, 0.6) is 0 Å². The summed E-state index contributed by atoms with van der Waals surface area (Å²) in [6.45, 7) is 11.6. The van der Waals surface area contributed by atoms with Crippen LogP contribution < -0.4 is 5.56 Å². The summed E-state index contributed by atoms with van der Waals surface area (Å²) in [6, 6.07) is 6.87. The maximum absolute atomic E-state index is 13.0. The van der Waals surface area contributed by atoms with E-state index in [9.17, 15) is 9.90 Å². The molecule has 5 rings (SSSR count). The van der Waals surface area contributed by atoms with E-state index in [1.165, 1.54) is 0 Å². The second kappa shape index (κ2) is 8.78. The molecule has 1 saturated carbocycles. The molecular formula is C26H35N5O2. The number of hydrogen-bond acceptors (Lipinski definition) is 6. The number of pyridine rings is 1. The van der Waals surface area contributed by atoms with Gasteiger partial charge in [-0.2, -0.15) is 0 Å². The molecule has 1 aliphatic carbocycles. The third kappa shape index (κ3) is 4.54. The summed E-state index contributed by atoms with van der Waals surface area (Å²) >= 11 is 0. The molecule has 2 N–H and O–H groups in total. The summed E-state index contributed by atoms with van der Waals surface area (Å²) in [5.74, 6) is 0.266. The van der Waals surface area contributed by atoms with Gasteiger partial charge in [0.15, 0.2) is 0 Å². The van der Waals surface area contributed by atoms with Crippen LogP contribution >= 0.6 is 0 Å². The third-order valence-electron chi connectivity index (χ3n) is 7.70. The second-order valence-corrected chi connectivity index (χ2v) is 10.5. The van der Waals surface area contributed by atoms with Crippen molar-refractivity contribution >= 4 is 21.8 Å². The van der Waals surface area contributed by atoms with Gasteiger partial charge >= 0.3 is 0 Å². The SMILES string of the molecule is CC(C)N1CCN(Cc2ccc3c(c2)c(=O)[nH]c2ncnc(C4CCC(C)(O)CC4)c23)CC1. The fraction of sp³-hybridized carbons (Fsp3) is 0.577. The van der Waals surface area contributed by atoms with Crippen LogP contribution in [-0.2, 0) is 6.54 Å². The number of rotatable bonds is 4. The Morgan fingerprint density at radius 1 is 1.12 bits per heavy atom. The highest BCUT2D eigenvalue weighted by Gasteiger charge is 2.31. The van der Waals surface area contributed by atoms with Gasteiger partial charge in [0.25, 0.3) is 5.56 Å². The van der Waals surface area contributed by atoms with Crippen molar-refractivity contribution in [2.45, 2.75) is 70.6 Å². The van der Waals surface area contributed by atoms with Gasteiger partial charge in [-0.05, 0) is 63.5 Å². The first-order chi connectivity index (χ1) is 15.8. The smallest absolute Gasteiger partial charge is 0.257 e. The molecule has 0 spiro atoms. The van der Waals surface area contributed by atoms with Gasteiger partial charge in [0.1, 0.15) is 12.0 Å². The number of fused-ring (bicyclic) bond motifs is 3. The zero-order valence-corrected chi connectivity index (χ0v) is 20.0. The number of aromatic amines is 1. The lowest BCUT2D eigenvalue weighted by atomic mass is 9.78. The molecule has 1 aromatic carbocycles. The van der Waals surface area contributed by atoms with Crippen LogP contribution in [0.25, 0.3) is 21.8 Å². The van der Waals surface area contributed by atoms with Crippen molar-refractivity contribution in [2.75, 3.05) is 26.2 Å². The summed E-state index contributed by atoms with van der Waals surface area (Å²) in [7, 11) is 0. The molecule has 176 valence electrons. The van der Waals surface area contributed by atoms with Crippen LogP contribution in [0.1, 0.15) is 63.6 Å². The lowest BCUT2D eigenvalue weighted by molar-refractivity contribution is 0.0169. The van der Waals surface area contributed by atoms with Crippen molar-refractivity contribution in [1.82, 2.24) is 24.8 Å². The number of piperazine rings is 1. The summed E-state index contributed by atoms with van der Waals surface area (Å²) in [6.07, 6.45) is 4.86. The molecule has 0 atom stereocenters. The number of benzene rings is 1. The Labute approximate surface area is 194 Å². The topological polar surface area (TPSA) is 85.4 Å². The molecule has 2 aliphatic rings. The molecule has 1 aliphatic heterocycles. The number of aromatic nitrogens is 3. The molecule has 0 amide bonds. The predicted molar refractivity (Wildman–Crippen MR) is 131 cm³/mol. The minimum Gasteiger partial charge on any atom is -0.390 e. The molecule has 3 aromatic rings. The highest BCUT2D eigenvalue weighted by Crippen LogP contribution is 2.40. The van der Waals surface area contributed by atoms with Gasteiger partial charge in [-0.1, -0.05) is 12.1 Å². The van der Waals surface area contributed by atoms with E-state index in [-0.39, 0.29) is 11.5 Å². The van der Waals surface area contributed by atoms with Crippen LogP contribution in [0.4, 0.5) is 0 Å². The standard InChI is InChI=1S/C26H35N5O2/c1-17(2)31-12-10-30(11-13-31)15-18-4-5-20-21(14-18)25(32)29-24-22(20)23(27-16-28-24)19-6-8-26(3,33)9-7-19/h4-5,14,16-17,19,33H,6-13,15H2,1-3H3,(H,27,28,29,32). The van der Waals surface area contributed by atoms with E-state index in [0.29, 0.717) is 17.1 Å². The summed E-state index contributed by atoms with van der Waals surface area (Å²) < 4.78 is 0. The first-order valence-electron chi connectivity index (χ1n) is 12.3. The lowest BCUT2D eigenvalue weighted by Gasteiger charge is -2.37. The van der Waals surface area contributed by atoms with Gasteiger partial charge in [-0.25, -0.2) is 9.97 Å². The van der Waals surface area contributed by atoms with Gasteiger partial charge in [0.05, 0.1) is 11.3 Å². The number of aliphatic hydroxyl groups is 1. The van der Waals surface area contributed by atoms with Crippen molar-refractivity contribution in [3.8, 4) is 0 Å². The maximum atomic E-state index is 13.0. The van der Waals surface area contributed by atoms with Crippen molar-refractivity contribution in [2.24, 2.45) is 0 Å². The summed E-state index contributed by atoms with van der Waals surface area (Å²) in [5.41, 5.74) is 2.07. The Kier molecular flexibility index (Phi) is 5.97. The lowest BCUT2D eigenvalue weighted by Crippen LogP contribution is -2.48. The minimum absolute atomic E-state index is 0.0970. The monoisotopic (exact) mass is 449 g/mol. The second-order valence-electron chi connectivity index (χ2n) is 10.5. The van der Waals surface area contributed by atoms with Crippen molar-refractivity contribution in [3.63, 3.8) is 0 Å². The van der Waals surface area contributed by atoms with E-state index in [0.717, 1.165) is 80.4 Å². The van der Waals surface area contributed by atoms with Gasteiger partial charge in [0, 0.05) is 55.5 Å². The number of nitrogens with zero attached hydrogens (tertiary/aromatic N) is 4. The van der Waals surface area contributed by atoms with E-state index >= 15 is 0 Å². The number of nitrogens with one attached hydrogen (secondary N) is 1. The predicted octanol–water partition coefficient (Wildman–Crippen LogP) is 3.41. The zero-order chi connectivity index (χ0) is 23.2. The Morgan fingerprint density at radius 2 is 1.85 bits per heavy atom. The van der Waals surface area contributed by atoms with Crippen LogP contribution in [0.3, 0.4) is 0 Å². The van der Waals surface area contributed by atoms with Gasteiger partial charge < -0.3 is 10.1 Å². The molecule has 2 aromatic heterocycles. The van der Waals surface area contributed by atoms with Crippen LogP contribution in [0.2, 0.25) is 0 Å². The Bertz CT molecular complexity index is 1200. The van der Waals surface area contributed by atoms with Crippen molar-refractivity contribution < 1.29 is 5.11 Å². The summed E-state index contributed by atoms with van der Waals surface area (Å²) in [5, 5.41) is 13.0. The fourth-order valence-corrected chi connectivity index (χ4v) is 5.55. The number of H-pyrrole nitrogens is 1. The van der Waals surface area contributed by atoms with Gasteiger partial charge in [-0.15, -0.1) is 0 Å². The van der Waals surface area contributed by atoms with Gasteiger partial charge in [-0.3, -0.25) is 14.6 Å². The molecule has 33 heavy (non-hydrogen) atoms. The van der Waals surface area contributed by atoms with E-state index in [4.69, 9.17) is 0 Å². The molecule has 0 radical (unpaired) electrons. The Morgan fingerprint density at radius 3 is 2.55 bits per heavy atom. The third-order valence-corrected chi connectivity index (χ3v) is 7.70. The first kappa shape index (κ1) is 22.4. The zero-order valence-electron chi connectivity index (χ0n) is 20.0. The Hall–Kier alpha value is -2.35. The van der Waals surface area contributed by atoms with Crippen LogP contribution in [-0.4, -0.2) is 67.7 Å². The fourth-order valence-electron chi connectivity index (χ4n) is 5.55. The average molecular weight is 450 g/mol. The van der Waals surface area contributed by atoms with E-state index in [1.807, 2.05) is 13.0 Å². The molecular weight excluding hydrogens is 414 g/mol. The van der Waals surface area contributed by atoms with E-state index in [1.54, 1.807) is 6.33 Å². The van der Waals surface area contributed by atoms with Crippen LogP contribution in [0, 0.1) is 0 Å². The molecule has 7 heteroatoms. The first-order valence-corrected chi connectivity index (χ1v) is 12.3. The van der Waals surface area contributed by atoms with Gasteiger partial charge in [0.2, 0.25) is 0 Å². The molecule has 7 nitrogen and oxygen atoms in total. The maximum Gasteiger partial charge on any atom is 0.257 e. The molecule has 1 saturated heterocycles. The Balaban J connectivity index is 1.47. The van der Waals surface area contributed by atoms with E-state index < -0.39 is 5.60 Å². The number of hydrogen-bond donors (Lipinski definition) is 2. The highest BCUT2D eigenvalue weighted by molar-refractivity contribution is 6.05. The minimum atomic E-state index is -0.592. The summed E-state index contributed by atoms with van der Waals surface area (Å²) in [4.78, 5) is 30.0. The van der Waals surface area contributed by atoms with Crippen molar-refractivity contribution in [3.05, 3.63) is 46.1 Å². The average Bonchev–Trinajstić information content (AvgIpc) is 2.79. The quantitative estimate of drug-likeness (QED) is 0.594. The molecule has 2 fully saturated rings. The largest absolute Gasteiger partial charge is 0.390 e. The van der Waals surface area contributed by atoms with E-state index in [2.05, 4.69) is 50.7 Å². The highest BCUT2D eigenvalue weighted by atomic mass is 16.3. The molecule has 0 unspecified atom stereocenters. The normalized spacial score (nSPS) is 25.3.